The van der Waals surface area contributed by atoms with Gasteiger partial charge in [-0.2, -0.15) is 0 Å². The smallest absolute Gasteiger partial charge is 0.313 e. The molecule has 2 rings (SSSR count). The van der Waals surface area contributed by atoms with Gasteiger partial charge in [-0.15, -0.1) is 0 Å². The lowest BCUT2D eigenvalue weighted by molar-refractivity contribution is -0.144. The van der Waals surface area contributed by atoms with Crippen LogP contribution < -0.4 is 0 Å². The molecule has 0 bridgehead atoms. The van der Waals surface area contributed by atoms with Gasteiger partial charge in [0.1, 0.15) is 0 Å². The first-order chi connectivity index (χ1) is 7.72. The van der Waals surface area contributed by atoms with Crippen LogP contribution in [0.1, 0.15) is 30.7 Å². The number of esters is 1. The summed E-state index contributed by atoms with van der Waals surface area (Å²) < 4.78 is 5.94. The van der Waals surface area contributed by atoms with Crippen LogP contribution in [-0.4, -0.2) is 13.1 Å². The predicted molar refractivity (Wildman–Crippen MR) is 66.2 cm³/mol. The lowest BCUT2D eigenvalue weighted by Crippen LogP contribution is -2.27. The topological polar surface area (TPSA) is 26.3 Å². The molecule has 3 heteroatoms. The maximum Gasteiger partial charge on any atom is 0.313 e. The van der Waals surface area contributed by atoms with E-state index >= 15 is 0 Å². The van der Waals surface area contributed by atoms with Gasteiger partial charge >= 0.3 is 5.97 Å². The SMILES string of the molecule is COC(=O)C(c1ccc(Br)cc1)C1CCC1. The van der Waals surface area contributed by atoms with Gasteiger partial charge in [-0.05, 0) is 36.5 Å². The Morgan fingerprint density at radius 2 is 2.00 bits per heavy atom. The van der Waals surface area contributed by atoms with Crippen molar-refractivity contribution in [3.8, 4) is 0 Å². The van der Waals surface area contributed by atoms with Crippen LogP contribution in [0.4, 0.5) is 0 Å². The van der Waals surface area contributed by atoms with Crippen LogP contribution in [0.3, 0.4) is 0 Å². The standard InChI is InChI=1S/C13H15BrO2/c1-16-13(15)12(9-3-2-4-9)10-5-7-11(14)8-6-10/h5-9,12H,2-4H2,1H3. The first kappa shape index (κ1) is 11.6. The van der Waals surface area contributed by atoms with Crippen molar-refractivity contribution in [2.24, 2.45) is 5.92 Å². The Balaban J connectivity index is 2.23. The molecule has 0 aliphatic heterocycles. The van der Waals surface area contributed by atoms with Crippen molar-refractivity contribution in [3.63, 3.8) is 0 Å². The van der Waals surface area contributed by atoms with Gasteiger partial charge in [0.25, 0.3) is 0 Å². The number of carbonyl (C=O) groups is 1. The summed E-state index contributed by atoms with van der Waals surface area (Å²) in [6.07, 6.45) is 3.50. The molecule has 0 heterocycles. The van der Waals surface area contributed by atoms with E-state index < -0.39 is 0 Å². The van der Waals surface area contributed by atoms with Crippen LogP contribution in [0.5, 0.6) is 0 Å². The molecule has 1 aromatic rings. The minimum absolute atomic E-state index is 0.0770. The second-order valence-electron chi connectivity index (χ2n) is 4.24. The molecule has 16 heavy (non-hydrogen) atoms. The summed E-state index contributed by atoms with van der Waals surface area (Å²) >= 11 is 3.40. The fourth-order valence-electron chi connectivity index (χ4n) is 2.17. The van der Waals surface area contributed by atoms with Gasteiger partial charge in [-0.3, -0.25) is 4.79 Å². The largest absolute Gasteiger partial charge is 0.469 e. The third-order valence-corrected chi connectivity index (χ3v) is 3.83. The molecule has 2 nitrogen and oxygen atoms in total. The van der Waals surface area contributed by atoms with Crippen molar-refractivity contribution in [1.82, 2.24) is 0 Å². The molecular weight excluding hydrogens is 268 g/mol. The van der Waals surface area contributed by atoms with Gasteiger partial charge in [0.2, 0.25) is 0 Å². The molecule has 86 valence electrons. The van der Waals surface area contributed by atoms with Gasteiger partial charge < -0.3 is 4.74 Å². The molecule has 0 saturated heterocycles. The van der Waals surface area contributed by atoms with E-state index in [1.165, 1.54) is 13.5 Å². The monoisotopic (exact) mass is 282 g/mol. The van der Waals surface area contributed by atoms with Crippen LogP contribution in [0, 0.1) is 5.92 Å². The second kappa shape index (κ2) is 5.00. The van der Waals surface area contributed by atoms with E-state index in [-0.39, 0.29) is 11.9 Å². The minimum atomic E-state index is -0.105. The number of ether oxygens (including phenoxy) is 1. The molecule has 1 aromatic carbocycles. The molecule has 0 amide bonds. The highest BCUT2D eigenvalue weighted by Gasteiger charge is 2.34. The highest BCUT2D eigenvalue weighted by Crippen LogP contribution is 2.40. The Kier molecular flexibility index (Phi) is 3.64. The molecule has 0 radical (unpaired) electrons. The lowest BCUT2D eigenvalue weighted by atomic mass is 9.73. The van der Waals surface area contributed by atoms with Crippen molar-refractivity contribution < 1.29 is 9.53 Å². The molecular formula is C13H15BrO2. The number of hydrogen-bond acceptors (Lipinski definition) is 2. The predicted octanol–water partition coefficient (Wildman–Crippen LogP) is 3.51. The zero-order valence-electron chi connectivity index (χ0n) is 9.28. The summed E-state index contributed by atoms with van der Waals surface area (Å²) in [5.74, 6) is 0.285. The molecule has 1 unspecified atom stereocenters. The van der Waals surface area contributed by atoms with Crippen molar-refractivity contribution in [3.05, 3.63) is 34.3 Å². The van der Waals surface area contributed by atoms with Crippen LogP contribution in [0.15, 0.2) is 28.7 Å². The van der Waals surface area contributed by atoms with Crippen molar-refractivity contribution in [2.45, 2.75) is 25.2 Å². The Hall–Kier alpha value is -0.830. The summed E-state index contributed by atoms with van der Waals surface area (Å²) in [5.41, 5.74) is 1.07. The fourth-order valence-corrected chi connectivity index (χ4v) is 2.44. The molecule has 1 atom stereocenters. The Bertz CT molecular complexity index is 368. The summed E-state index contributed by atoms with van der Waals surface area (Å²) in [6.45, 7) is 0. The normalized spacial score (nSPS) is 17.6. The lowest BCUT2D eigenvalue weighted by Gasteiger charge is -2.32. The Morgan fingerprint density at radius 1 is 1.38 bits per heavy atom. The zero-order valence-corrected chi connectivity index (χ0v) is 10.9. The third kappa shape index (κ3) is 2.29. The van der Waals surface area contributed by atoms with Crippen molar-refractivity contribution in [1.29, 1.82) is 0 Å². The van der Waals surface area contributed by atoms with Crippen LogP contribution >= 0.6 is 15.9 Å². The quantitative estimate of drug-likeness (QED) is 0.793. The van der Waals surface area contributed by atoms with Gasteiger partial charge in [0.05, 0.1) is 13.0 Å². The highest BCUT2D eigenvalue weighted by molar-refractivity contribution is 9.10. The van der Waals surface area contributed by atoms with E-state index in [4.69, 9.17) is 4.74 Å². The van der Waals surface area contributed by atoms with Crippen molar-refractivity contribution >= 4 is 21.9 Å². The van der Waals surface area contributed by atoms with Crippen LogP contribution in [0.25, 0.3) is 0 Å². The van der Waals surface area contributed by atoms with Gasteiger partial charge in [-0.25, -0.2) is 0 Å². The van der Waals surface area contributed by atoms with E-state index in [1.807, 2.05) is 24.3 Å². The summed E-state index contributed by atoms with van der Waals surface area (Å²) in [5, 5.41) is 0. The van der Waals surface area contributed by atoms with Crippen molar-refractivity contribution in [2.75, 3.05) is 7.11 Å². The summed E-state index contributed by atoms with van der Waals surface area (Å²) in [4.78, 5) is 11.8. The maximum atomic E-state index is 11.8. The Labute approximate surface area is 104 Å². The molecule has 0 N–H and O–H groups in total. The number of rotatable bonds is 3. The van der Waals surface area contributed by atoms with E-state index in [2.05, 4.69) is 15.9 Å². The minimum Gasteiger partial charge on any atom is -0.469 e. The average Bonchev–Trinajstić information content (AvgIpc) is 2.24. The molecule has 1 aliphatic carbocycles. The van der Waals surface area contributed by atoms with Gasteiger partial charge in [0.15, 0.2) is 0 Å². The highest BCUT2D eigenvalue weighted by atomic mass is 79.9. The van der Waals surface area contributed by atoms with Crippen LogP contribution in [-0.2, 0) is 9.53 Å². The number of halogens is 1. The number of carbonyl (C=O) groups excluding carboxylic acids is 1. The van der Waals surface area contributed by atoms with Gasteiger partial charge in [0, 0.05) is 4.47 Å². The van der Waals surface area contributed by atoms with E-state index in [0.29, 0.717) is 5.92 Å². The first-order valence-corrected chi connectivity index (χ1v) is 6.35. The first-order valence-electron chi connectivity index (χ1n) is 5.55. The molecule has 0 spiro atoms. The maximum absolute atomic E-state index is 11.8. The van der Waals surface area contributed by atoms with E-state index in [1.54, 1.807) is 0 Å². The number of benzene rings is 1. The fraction of sp³-hybridized carbons (Fsp3) is 0.462. The van der Waals surface area contributed by atoms with E-state index in [9.17, 15) is 4.79 Å². The molecule has 0 aromatic heterocycles. The average molecular weight is 283 g/mol. The Morgan fingerprint density at radius 3 is 2.44 bits per heavy atom. The summed E-state index contributed by atoms with van der Waals surface area (Å²) in [6, 6.07) is 7.96. The molecule has 1 saturated carbocycles. The number of methoxy groups -OCH3 is 1. The third-order valence-electron chi connectivity index (χ3n) is 3.31. The molecule has 1 aliphatic rings. The van der Waals surface area contributed by atoms with Gasteiger partial charge in [-0.1, -0.05) is 34.5 Å². The second-order valence-corrected chi connectivity index (χ2v) is 5.16. The zero-order chi connectivity index (χ0) is 11.5. The number of hydrogen-bond donors (Lipinski definition) is 0. The summed E-state index contributed by atoms with van der Waals surface area (Å²) in [7, 11) is 1.47. The van der Waals surface area contributed by atoms with E-state index in [0.717, 1.165) is 22.9 Å². The molecule has 1 fully saturated rings. The van der Waals surface area contributed by atoms with Crippen LogP contribution in [0.2, 0.25) is 0 Å².